The molecule has 0 N–H and O–H groups in total. The van der Waals surface area contributed by atoms with E-state index < -0.39 is 0 Å². The summed E-state index contributed by atoms with van der Waals surface area (Å²) in [6.07, 6.45) is 2.45. The number of hydrogen-bond donors (Lipinski definition) is 0. The zero-order valence-corrected chi connectivity index (χ0v) is 13.6. The summed E-state index contributed by atoms with van der Waals surface area (Å²) in [6.45, 7) is 6.49. The van der Waals surface area contributed by atoms with Crippen LogP contribution in [0.25, 0.3) is 17.2 Å². The van der Waals surface area contributed by atoms with Crippen LogP contribution in [-0.4, -0.2) is 32.7 Å². The fourth-order valence-electron chi connectivity index (χ4n) is 3.14. The number of nitrogens with zero attached hydrogens (tertiary/aromatic N) is 5. The van der Waals surface area contributed by atoms with Gasteiger partial charge in [0.1, 0.15) is 5.82 Å². The van der Waals surface area contributed by atoms with E-state index in [-0.39, 0.29) is 0 Å². The molecule has 0 aliphatic carbocycles. The highest BCUT2D eigenvalue weighted by Crippen LogP contribution is 2.25. The number of fused-ring (bicyclic) bond motifs is 1. The highest BCUT2D eigenvalue weighted by molar-refractivity contribution is 5.58. The average molecular weight is 307 g/mol. The molecule has 0 bridgehead atoms. The molecule has 3 aromatic rings. The Morgan fingerprint density at radius 2 is 1.78 bits per heavy atom. The molecule has 0 atom stereocenters. The molecule has 1 aliphatic heterocycles. The standard InChI is InChI=1S/C18H21N5/c1-13-8-10-22(11-9-13)16-12-14(2)19-18-20-17(21-23(16)18)15-6-4-3-5-7-15/h3-7,12-13H,8-11H2,1-2H3. The molecule has 0 radical (unpaired) electrons. The van der Waals surface area contributed by atoms with Gasteiger partial charge in [-0.25, -0.2) is 4.98 Å². The number of aromatic nitrogens is 4. The number of hydrogen-bond acceptors (Lipinski definition) is 4. The smallest absolute Gasteiger partial charge is 0.254 e. The molecule has 1 aromatic carbocycles. The van der Waals surface area contributed by atoms with Crippen molar-refractivity contribution in [3.05, 3.63) is 42.1 Å². The first-order valence-electron chi connectivity index (χ1n) is 8.25. The van der Waals surface area contributed by atoms with E-state index in [0.717, 1.165) is 41.9 Å². The van der Waals surface area contributed by atoms with Crippen molar-refractivity contribution < 1.29 is 0 Å². The molecule has 4 rings (SSSR count). The van der Waals surface area contributed by atoms with Crippen molar-refractivity contribution in [1.29, 1.82) is 0 Å². The Bertz CT molecular complexity index is 816. The Balaban J connectivity index is 1.80. The van der Waals surface area contributed by atoms with E-state index in [4.69, 9.17) is 5.10 Å². The molecule has 0 saturated carbocycles. The minimum absolute atomic E-state index is 0.678. The fraction of sp³-hybridized carbons (Fsp3) is 0.389. The Kier molecular flexibility index (Phi) is 3.48. The van der Waals surface area contributed by atoms with Gasteiger partial charge in [-0.2, -0.15) is 9.50 Å². The maximum atomic E-state index is 4.72. The zero-order valence-electron chi connectivity index (χ0n) is 13.6. The zero-order chi connectivity index (χ0) is 15.8. The van der Waals surface area contributed by atoms with E-state index in [1.807, 2.05) is 41.8 Å². The molecule has 23 heavy (non-hydrogen) atoms. The van der Waals surface area contributed by atoms with Crippen molar-refractivity contribution in [2.45, 2.75) is 26.7 Å². The lowest BCUT2D eigenvalue weighted by molar-refractivity contribution is 0.435. The van der Waals surface area contributed by atoms with Gasteiger partial charge in [-0.05, 0) is 25.7 Å². The van der Waals surface area contributed by atoms with Gasteiger partial charge < -0.3 is 4.90 Å². The maximum absolute atomic E-state index is 4.72. The van der Waals surface area contributed by atoms with Crippen LogP contribution in [0.1, 0.15) is 25.5 Å². The summed E-state index contributed by atoms with van der Waals surface area (Å²) < 4.78 is 1.89. The van der Waals surface area contributed by atoms with E-state index in [1.54, 1.807) is 0 Å². The monoisotopic (exact) mass is 307 g/mol. The van der Waals surface area contributed by atoms with E-state index in [1.165, 1.54) is 12.8 Å². The van der Waals surface area contributed by atoms with Crippen LogP contribution in [0.15, 0.2) is 36.4 Å². The van der Waals surface area contributed by atoms with Gasteiger partial charge in [0, 0.05) is 30.4 Å². The average Bonchev–Trinajstić information content (AvgIpc) is 2.99. The molecule has 5 heteroatoms. The number of rotatable bonds is 2. The molecule has 0 amide bonds. The van der Waals surface area contributed by atoms with E-state index >= 15 is 0 Å². The van der Waals surface area contributed by atoms with Gasteiger partial charge in [-0.15, -0.1) is 5.10 Å². The van der Waals surface area contributed by atoms with Crippen LogP contribution in [0.3, 0.4) is 0 Å². The number of anilines is 1. The van der Waals surface area contributed by atoms with Crippen LogP contribution in [0.4, 0.5) is 5.82 Å². The molecule has 118 valence electrons. The van der Waals surface area contributed by atoms with Gasteiger partial charge >= 0.3 is 0 Å². The minimum atomic E-state index is 0.678. The third-order valence-corrected chi connectivity index (χ3v) is 4.56. The van der Waals surface area contributed by atoms with Gasteiger partial charge in [-0.3, -0.25) is 0 Å². The summed E-state index contributed by atoms with van der Waals surface area (Å²) in [6, 6.07) is 12.2. The molecular weight excluding hydrogens is 286 g/mol. The number of piperidine rings is 1. The molecule has 1 aliphatic rings. The molecule has 1 saturated heterocycles. The van der Waals surface area contributed by atoms with Crippen LogP contribution in [0.5, 0.6) is 0 Å². The molecule has 3 heterocycles. The molecule has 0 unspecified atom stereocenters. The van der Waals surface area contributed by atoms with Crippen molar-refractivity contribution in [1.82, 2.24) is 19.6 Å². The first-order chi connectivity index (χ1) is 11.2. The second-order valence-corrected chi connectivity index (χ2v) is 6.44. The number of aryl methyl sites for hydroxylation is 1. The topological polar surface area (TPSA) is 46.3 Å². The third kappa shape index (κ3) is 2.67. The molecular formula is C18H21N5. The highest BCUT2D eigenvalue weighted by atomic mass is 15.4. The Morgan fingerprint density at radius 3 is 2.52 bits per heavy atom. The van der Waals surface area contributed by atoms with E-state index in [0.29, 0.717) is 5.78 Å². The van der Waals surface area contributed by atoms with Gasteiger partial charge in [0.2, 0.25) is 0 Å². The Morgan fingerprint density at radius 1 is 1.04 bits per heavy atom. The van der Waals surface area contributed by atoms with Crippen LogP contribution in [0.2, 0.25) is 0 Å². The van der Waals surface area contributed by atoms with Gasteiger partial charge in [0.05, 0.1) is 0 Å². The summed E-state index contributed by atoms with van der Waals surface area (Å²) >= 11 is 0. The highest BCUT2D eigenvalue weighted by Gasteiger charge is 2.20. The van der Waals surface area contributed by atoms with Crippen LogP contribution in [-0.2, 0) is 0 Å². The largest absolute Gasteiger partial charge is 0.356 e. The van der Waals surface area contributed by atoms with E-state index in [9.17, 15) is 0 Å². The van der Waals surface area contributed by atoms with Gasteiger partial charge in [-0.1, -0.05) is 37.3 Å². The van der Waals surface area contributed by atoms with Crippen LogP contribution < -0.4 is 4.90 Å². The lowest BCUT2D eigenvalue weighted by atomic mass is 9.99. The fourth-order valence-corrected chi connectivity index (χ4v) is 3.14. The molecule has 1 fully saturated rings. The lowest BCUT2D eigenvalue weighted by Crippen LogP contribution is -2.34. The van der Waals surface area contributed by atoms with Crippen molar-refractivity contribution in [3.8, 4) is 11.4 Å². The van der Waals surface area contributed by atoms with Gasteiger partial charge in [0.15, 0.2) is 5.82 Å². The summed E-state index contributed by atoms with van der Waals surface area (Å²) in [7, 11) is 0. The predicted octanol–water partition coefficient (Wildman–Crippen LogP) is 3.34. The SMILES string of the molecule is Cc1cc(N2CCC(C)CC2)n2nc(-c3ccccc3)nc2n1. The molecule has 0 spiro atoms. The first kappa shape index (κ1) is 14.2. The number of benzene rings is 1. The molecule has 5 nitrogen and oxygen atoms in total. The maximum Gasteiger partial charge on any atom is 0.254 e. The Hall–Kier alpha value is -2.43. The molecule has 2 aromatic heterocycles. The van der Waals surface area contributed by atoms with Crippen LogP contribution >= 0.6 is 0 Å². The van der Waals surface area contributed by atoms with Gasteiger partial charge in [0.25, 0.3) is 5.78 Å². The summed E-state index contributed by atoms with van der Waals surface area (Å²) in [5.74, 6) is 3.32. The van der Waals surface area contributed by atoms with Crippen molar-refractivity contribution in [3.63, 3.8) is 0 Å². The van der Waals surface area contributed by atoms with Crippen molar-refractivity contribution in [2.24, 2.45) is 5.92 Å². The summed E-state index contributed by atoms with van der Waals surface area (Å²) in [4.78, 5) is 11.6. The predicted molar refractivity (Wildman–Crippen MR) is 91.6 cm³/mol. The summed E-state index contributed by atoms with van der Waals surface area (Å²) in [5, 5.41) is 4.72. The first-order valence-corrected chi connectivity index (χ1v) is 8.25. The summed E-state index contributed by atoms with van der Waals surface area (Å²) in [5.41, 5.74) is 2.01. The lowest BCUT2D eigenvalue weighted by Gasteiger charge is -2.31. The van der Waals surface area contributed by atoms with Crippen molar-refractivity contribution >= 4 is 11.6 Å². The third-order valence-electron chi connectivity index (χ3n) is 4.56. The minimum Gasteiger partial charge on any atom is -0.356 e. The normalized spacial score (nSPS) is 16.2. The second-order valence-electron chi connectivity index (χ2n) is 6.44. The quantitative estimate of drug-likeness (QED) is 0.728. The Labute approximate surface area is 136 Å². The van der Waals surface area contributed by atoms with Crippen LogP contribution in [0, 0.1) is 12.8 Å². The second kappa shape index (κ2) is 5.65. The van der Waals surface area contributed by atoms with Crippen molar-refractivity contribution in [2.75, 3.05) is 18.0 Å². The van der Waals surface area contributed by atoms with E-state index in [2.05, 4.69) is 27.9 Å².